The van der Waals surface area contributed by atoms with Gasteiger partial charge in [-0.25, -0.2) is 8.42 Å². The molecule has 2 rings (SSSR count). The van der Waals surface area contributed by atoms with Crippen molar-refractivity contribution in [2.45, 2.75) is 11.8 Å². The minimum Gasteiger partial charge on any atom is -0.398 e. The molecule has 1 amide bonds. The number of benzene rings is 2. The van der Waals surface area contributed by atoms with Crippen molar-refractivity contribution in [1.82, 2.24) is 0 Å². The zero-order valence-electron chi connectivity index (χ0n) is 11.8. The first-order valence-corrected chi connectivity index (χ1v) is 8.14. The van der Waals surface area contributed by atoms with Gasteiger partial charge in [-0.2, -0.15) is 0 Å². The van der Waals surface area contributed by atoms with Crippen molar-refractivity contribution >= 4 is 27.1 Å². The molecule has 2 aromatic rings. The van der Waals surface area contributed by atoms with Gasteiger partial charge in [0.15, 0.2) is 9.84 Å². The zero-order chi connectivity index (χ0) is 15.6. The van der Waals surface area contributed by atoms with Gasteiger partial charge >= 0.3 is 0 Å². The Balaban J connectivity index is 2.18. The number of carbonyl (C=O) groups is 1. The first-order chi connectivity index (χ1) is 9.77. The summed E-state index contributed by atoms with van der Waals surface area (Å²) < 4.78 is 22.7. The largest absolute Gasteiger partial charge is 0.398 e. The number of anilines is 2. The smallest absolute Gasteiger partial charge is 0.255 e. The summed E-state index contributed by atoms with van der Waals surface area (Å²) in [4.78, 5) is 12.2. The predicted octanol–water partition coefficient (Wildman–Crippen LogP) is 2.23. The summed E-state index contributed by atoms with van der Waals surface area (Å²) in [6.45, 7) is 1.88. The molecule has 0 atom stereocenters. The van der Waals surface area contributed by atoms with Crippen molar-refractivity contribution in [3.8, 4) is 0 Å². The third kappa shape index (κ3) is 3.61. The number of aryl methyl sites for hydroxylation is 1. The number of sulfone groups is 1. The highest BCUT2D eigenvalue weighted by Gasteiger charge is 2.10. The van der Waals surface area contributed by atoms with Crippen LogP contribution in [0.15, 0.2) is 47.4 Å². The second kappa shape index (κ2) is 5.57. The van der Waals surface area contributed by atoms with E-state index in [9.17, 15) is 13.2 Å². The van der Waals surface area contributed by atoms with E-state index < -0.39 is 9.84 Å². The van der Waals surface area contributed by atoms with Gasteiger partial charge in [-0.3, -0.25) is 4.79 Å². The quantitative estimate of drug-likeness (QED) is 0.851. The fourth-order valence-electron chi connectivity index (χ4n) is 1.78. The number of carbonyl (C=O) groups excluding carboxylic acids is 1. The SMILES string of the molecule is Cc1ccc(NC(=O)c2ccc(S(C)(=O)=O)cc2)cc1N. The van der Waals surface area contributed by atoms with Crippen LogP contribution in [-0.4, -0.2) is 20.6 Å². The molecular formula is C15H16N2O3S. The van der Waals surface area contributed by atoms with E-state index in [0.717, 1.165) is 11.8 Å². The van der Waals surface area contributed by atoms with Crippen LogP contribution in [0.5, 0.6) is 0 Å². The number of nitrogens with two attached hydrogens (primary N) is 1. The lowest BCUT2D eigenvalue weighted by Crippen LogP contribution is -2.12. The van der Waals surface area contributed by atoms with Gasteiger partial charge in [0.2, 0.25) is 0 Å². The van der Waals surface area contributed by atoms with Crippen molar-refractivity contribution in [3.05, 3.63) is 53.6 Å². The Labute approximate surface area is 123 Å². The van der Waals surface area contributed by atoms with Crippen molar-refractivity contribution in [3.63, 3.8) is 0 Å². The third-order valence-corrected chi connectivity index (χ3v) is 4.21. The average Bonchev–Trinajstić information content (AvgIpc) is 2.42. The molecule has 0 spiro atoms. The molecule has 0 aromatic heterocycles. The standard InChI is InChI=1S/C15H16N2O3S/c1-10-3-6-12(9-14(10)16)17-15(18)11-4-7-13(8-5-11)21(2,19)20/h3-9H,16H2,1-2H3,(H,17,18). The topological polar surface area (TPSA) is 89.3 Å². The van der Waals surface area contributed by atoms with Crippen LogP contribution in [0.1, 0.15) is 15.9 Å². The molecule has 5 nitrogen and oxygen atoms in total. The molecule has 0 saturated heterocycles. The molecule has 0 fully saturated rings. The van der Waals surface area contributed by atoms with Crippen LogP contribution in [0.3, 0.4) is 0 Å². The summed E-state index contributed by atoms with van der Waals surface area (Å²) >= 11 is 0. The van der Waals surface area contributed by atoms with Crippen LogP contribution < -0.4 is 11.1 Å². The summed E-state index contributed by atoms with van der Waals surface area (Å²) in [6.07, 6.45) is 1.12. The van der Waals surface area contributed by atoms with E-state index >= 15 is 0 Å². The van der Waals surface area contributed by atoms with E-state index in [0.29, 0.717) is 16.9 Å². The van der Waals surface area contributed by atoms with Crippen molar-refractivity contribution in [1.29, 1.82) is 0 Å². The van der Waals surface area contributed by atoms with Gasteiger partial charge in [0.1, 0.15) is 0 Å². The summed E-state index contributed by atoms with van der Waals surface area (Å²) in [5.41, 5.74) is 8.29. The Hall–Kier alpha value is -2.34. The third-order valence-electron chi connectivity index (χ3n) is 3.08. The summed E-state index contributed by atoms with van der Waals surface area (Å²) in [5, 5.41) is 2.72. The van der Waals surface area contributed by atoms with E-state index in [1.165, 1.54) is 24.3 Å². The summed E-state index contributed by atoms with van der Waals surface area (Å²) in [7, 11) is -3.26. The lowest BCUT2D eigenvalue weighted by Gasteiger charge is -2.08. The van der Waals surface area contributed by atoms with E-state index in [1.54, 1.807) is 12.1 Å². The van der Waals surface area contributed by atoms with Crippen LogP contribution in [0.4, 0.5) is 11.4 Å². The molecule has 2 aromatic carbocycles. The highest BCUT2D eigenvalue weighted by Crippen LogP contribution is 2.18. The van der Waals surface area contributed by atoms with Crippen LogP contribution >= 0.6 is 0 Å². The molecule has 0 bridgehead atoms. The van der Waals surface area contributed by atoms with Gasteiger partial charge in [0.05, 0.1) is 4.90 Å². The molecule has 21 heavy (non-hydrogen) atoms. The maximum atomic E-state index is 12.1. The predicted molar refractivity (Wildman–Crippen MR) is 83.1 cm³/mol. The lowest BCUT2D eigenvalue weighted by molar-refractivity contribution is 0.102. The Kier molecular flexibility index (Phi) is 3.99. The molecule has 0 saturated carbocycles. The van der Waals surface area contributed by atoms with Gasteiger partial charge < -0.3 is 11.1 Å². The van der Waals surface area contributed by atoms with Crippen LogP contribution in [0.2, 0.25) is 0 Å². The molecule has 6 heteroatoms. The van der Waals surface area contributed by atoms with Crippen molar-refractivity contribution in [2.75, 3.05) is 17.3 Å². The van der Waals surface area contributed by atoms with Crippen LogP contribution in [0, 0.1) is 6.92 Å². The van der Waals surface area contributed by atoms with Crippen molar-refractivity contribution < 1.29 is 13.2 Å². The van der Waals surface area contributed by atoms with Gasteiger partial charge in [0.25, 0.3) is 5.91 Å². The zero-order valence-corrected chi connectivity index (χ0v) is 12.6. The number of nitrogen functional groups attached to an aromatic ring is 1. The number of hydrogen-bond acceptors (Lipinski definition) is 4. The second-order valence-electron chi connectivity index (χ2n) is 4.82. The van der Waals surface area contributed by atoms with Crippen LogP contribution in [0.25, 0.3) is 0 Å². The van der Waals surface area contributed by atoms with Gasteiger partial charge in [-0.05, 0) is 48.9 Å². The molecule has 0 aliphatic heterocycles. The Bertz CT molecular complexity index is 781. The van der Waals surface area contributed by atoms with Gasteiger partial charge in [-0.15, -0.1) is 0 Å². The fourth-order valence-corrected chi connectivity index (χ4v) is 2.41. The Morgan fingerprint density at radius 2 is 1.71 bits per heavy atom. The van der Waals surface area contributed by atoms with E-state index in [2.05, 4.69) is 5.32 Å². The minimum absolute atomic E-state index is 0.179. The molecule has 110 valence electrons. The van der Waals surface area contributed by atoms with E-state index in [-0.39, 0.29) is 10.8 Å². The normalized spacial score (nSPS) is 11.1. The highest BCUT2D eigenvalue weighted by molar-refractivity contribution is 7.90. The second-order valence-corrected chi connectivity index (χ2v) is 6.84. The maximum absolute atomic E-state index is 12.1. The Morgan fingerprint density at radius 1 is 1.10 bits per heavy atom. The summed E-state index contributed by atoms with van der Waals surface area (Å²) in [6, 6.07) is 11.0. The molecule has 0 aliphatic rings. The van der Waals surface area contributed by atoms with Crippen LogP contribution in [-0.2, 0) is 9.84 Å². The van der Waals surface area contributed by atoms with Gasteiger partial charge in [0, 0.05) is 23.2 Å². The molecule has 0 aliphatic carbocycles. The molecule has 0 radical (unpaired) electrons. The fraction of sp³-hybridized carbons (Fsp3) is 0.133. The first-order valence-electron chi connectivity index (χ1n) is 6.25. The van der Waals surface area contributed by atoms with E-state index in [4.69, 9.17) is 5.73 Å². The first kappa shape index (κ1) is 15.1. The molecule has 0 heterocycles. The molecular weight excluding hydrogens is 288 g/mol. The minimum atomic E-state index is -3.26. The lowest BCUT2D eigenvalue weighted by atomic mass is 10.1. The number of hydrogen-bond donors (Lipinski definition) is 2. The highest BCUT2D eigenvalue weighted by atomic mass is 32.2. The monoisotopic (exact) mass is 304 g/mol. The maximum Gasteiger partial charge on any atom is 0.255 e. The number of amides is 1. The molecule has 0 unspecified atom stereocenters. The van der Waals surface area contributed by atoms with E-state index in [1.807, 2.05) is 13.0 Å². The number of nitrogens with one attached hydrogen (secondary N) is 1. The Morgan fingerprint density at radius 3 is 2.24 bits per heavy atom. The average molecular weight is 304 g/mol. The summed E-state index contributed by atoms with van der Waals surface area (Å²) in [5.74, 6) is -0.321. The van der Waals surface area contributed by atoms with Gasteiger partial charge in [-0.1, -0.05) is 6.07 Å². The number of rotatable bonds is 3. The van der Waals surface area contributed by atoms with Crippen molar-refractivity contribution in [2.24, 2.45) is 0 Å². The molecule has 3 N–H and O–H groups in total.